The van der Waals surface area contributed by atoms with Crippen LogP contribution in [0.5, 0.6) is 5.75 Å². The summed E-state index contributed by atoms with van der Waals surface area (Å²) in [5.74, 6) is 1.85. The van der Waals surface area contributed by atoms with E-state index in [1.165, 1.54) is 25.9 Å². The summed E-state index contributed by atoms with van der Waals surface area (Å²) >= 11 is 6.18. The van der Waals surface area contributed by atoms with Crippen molar-refractivity contribution in [1.82, 2.24) is 14.7 Å². The van der Waals surface area contributed by atoms with E-state index < -0.39 is 0 Å². The lowest BCUT2D eigenvalue weighted by atomic mass is 9.89. The van der Waals surface area contributed by atoms with E-state index in [0.29, 0.717) is 24.2 Å². The number of carbonyl (C=O) groups is 1. The van der Waals surface area contributed by atoms with Gasteiger partial charge in [0.25, 0.3) is 0 Å². The first-order chi connectivity index (χ1) is 14.0. The van der Waals surface area contributed by atoms with Crippen LogP contribution in [0.1, 0.15) is 45.1 Å². The van der Waals surface area contributed by atoms with Gasteiger partial charge in [-0.2, -0.15) is 0 Å². The summed E-state index contributed by atoms with van der Waals surface area (Å²) in [4.78, 5) is 19.9. The lowest BCUT2D eigenvalue weighted by molar-refractivity contribution is -0.134. The van der Waals surface area contributed by atoms with E-state index in [1.807, 2.05) is 18.2 Å². The molecule has 0 aliphatic carbocycles. The molecule has 1 aromatic carbocycles. The molecule has 3 aliphatic rings. The second kappa shape index (κ2) is 9.23. The summed E-state index contributed by atoms with van der Waals surface area (Å²) < 4.78 is 6.03. The minimum Gasteiger partial charge on any atom is -0.489 e. The Morgan fingerprint density at radius 3 is 2.66 bits per heavy atom. The zero-order valence-corrected chi connectivity index (χ0v) is 18.5. The largest absolute Gasteiger partial charge is 0.489 e. The quantitative estimate of drug-likeness (QED) is 0.746. The van der Waals surface area contributed by atoms with Crippen LogP contribution in [0, 0.1) is 5.92 Å². The molecule has 1 aromatic rings. The third-order valence-electron chi connectivity index (χ3n) is 6.91. The first kappa shape index (κ1) is 21.0. The van der Waals surface area contributed by atoms with E-state index in [0.717, 1.165) is 49.7 Å². The fourth-order valence-corrected chi connectivity index (χ4v) is 5.39. The van der Waals surface area contributed by atoms with Gasteiger partial charge in [-0.05, 0) is 76.7 Å². The van der Waals surface area contributed by atoms with Gasteiger partial charge >= 0.3 is 0 Å². The molecule has 1 amide bonds. The molecule has 4 rings (SSSR count). The van der Waals surface area contributed by atoms with Crippen molar-refractivity contribution in [3.63, 3.8) is 0 Å². The van der Waals surface area contributed by atoms with Crippen LogP contribution in [0.2, 0.25) is 5.02 Å². The number of benzene rings is 1. The molecule has 2 fully saturated rings. The minimum atomic E-state index is 0.0530. The van der Waals surface area contributed by atoms with Gasteiger partial charge in [0.1, 0.15) is 11.9 Å². The van der Waals surface area contributed by atoms with Crippen LogP contribution in [0.3, 0.4) is 0 Å². The summed E-state index contributed by atoms with van der Waals surface area (Å²) in [7, 11) is 0. The summed E-state index contributed by atoms with van der Waals surface area (Å²) in [6.07, 6.45) is 4.99. The third-order valence-corrected chi connectivity index (χ3v) is 7.15. The van der Waals surface area contributed by atoms with Crippen LogP contribution in [-0.4, -0.2) is 72.0 Å². The molecular formula is C23H34ClN3O2. The van der Waals surface area contributed by atoms with Crippen molar-refractivity contribution in [3.05, 3.63) is 28.8 Å². The zero-order chi connectivity index (χ0) is 20.4. The normalized spacial score (nSPS) is 25.3. The van der Waals surface area contributed by atoms with Gasteiger partial charge in [0.05, 0.1) is 6.54 Å². The van der Waals surface area contributed by atoms with Crippen LogP contribution in [0.15, 0.2) is 18.2 Å². The lowest BCUT2D eigenvalue weighted by Gasteiger charge is -2.38. The van der Waals surface area contributed by atoms with Gasteiger partial charge in [0, 0.05) is 42.8 Å². The highest BCUT2D eigenvalue weighted by atomic mass is 35.5. The number of fused-ring (bicyclic) bond motifs is 1. The fraction of sp³-hybridized carbons (Fsp3) is 0.696. The van der Waals surface area contributed by atoms with Crippen LogP contribution in [-0.2, 0) is 11.3 Å². The van der Waals surface area contributed by atoms with E-state index in [-0.39, 0.29) is 12.0 Å². The Hall–Kier alpha value is -1.30. The van der Waals surface area contributed by atoms with Crippen LogP contribution < -0.4 is 4.74 Å². The molecule has 6 heteroatoms. The molecule has 5 nitrogen and oxygen atoms in total. The number of carbonyl (C=O) groups excluding carboxylic acids is 1. The first-order valence-corrected chi connectivity index (χ1v) is 11.6. The Kier molecular flexibility index (Phi) is 6.67. The van der Waals surface area contributed by atoms with Gasteiger partial charge in [0.2, 0.25) is 5.91 Å². The predicted molar refractivity (Wildman–Crippen MR) is 116 cm³/mol. The second-order valence-electron chi connectivity index (χ2n) is 9.05. The number of halogens is 1. The molecule has 0 aromatic heterocycles. The summed E-state index contributed by atoms with van der Waals surface area (Å²) in [6, 6.07) is 6.41. The maximum Gasteiger partial charge on any atom is 0.236 e. The number of rotatable bonds is 4. The second-order valence-corrected chi connectivity index (χ2v) is 9.49. The Bertz CT molecular complexity index is 714. The maximum atomic E-state index is 13.0. The molecule has 2 atom stereocenters. The SMILES string of the molecule is C[C@H](C1CCN(C(=O)CN2Cc3cc(Cl)ccc3O[C@@H](C)C2)CC1)N1CCCC1. The van der Waals surface area contributed by atoms with Gasteiger partial charge in [-0.25, -0.2) is 0 Å². The molecule has 160 valence electrons. The molecule has 2 saturated heterocycles. The number of likely N-dealkylation sites (tertiary alicyclic amines) is 2. The van der Waals surface area contributed by atoms with E-state index in [2.05, 4.69) is 28.5 Å². The molecule has 0 N–H and O–H groups in total. The Morgan fingerprint density at radius 1 is 1.21 bits per heavy atom. The monoisotopic (exact) mass is 419 g/mol. The Morgan fingerprint density at radius 2 is 1.93 bits per heavy atom. The average molecular weight is 420 g/mol. The average Bonchev–Trinajstić information content (AvgIpc) is 3.19. The van der Waals surface area contributed by atoms with E-state index in [4.69, 9.17) is 16.3 Å². The highest BCUT2D eigenvalue weighted by Crippen LogP contribution is 2.29. The van der Waals surface area contributed by atoms with Gasteiger partial charge in [-0.15, -0.1) is 0 Å². The molecule has 0 radical (unpaired) electrons. The van der Waals surface area contributed by atoms with E-state index in [9.17, 15) is 4.79 Å². The van der Waals surface area contributed by atoms with Gasteiger partial charge in [-0.1, -0.05) is 11.6 Å². The Balaban J connectivity index is 1.31. The van der Waals surface area contributed by atoms with Crippen molar-refractivity contribution in [2.45, 2.75) is 58.2 Å². The summed E-state index contributed by atoms with van der Waals surface area (Å²) in [5, 5.41) is 0.711. The Labute approximate surface area is 179 Å². The van der Waals surface area contributed by atoms with Crippen molar-refractivity contribution < 1.29 is 9.53 Å². The molecule has 0 spiro atoms. The van der Waals surface area contributed by atoms with Crippen molar-refractivity contribution in [2.24, 2.45) is 5.92 Å². The zero-order valence-electron chi connectivity index (χ0n) is 17.8. The maximum absolute atomic E-state index is 13.0. The standard InChI is InChI=1S/C23H34ClN3O2/c1-17-14-25(15-20-13-21(24)5-6-22(20)29-17)16-23(28)27-11-7-19(8-12-27)18(2)26-9-3-4-10-26/h5-6,13,17-19H,3-4,7-12,14-16H2,1-2H3/t17-,18+/m0/s1. The van der Waals surface area contributed by atoms with Crippen molar-refractivity contribution >= 4 is 17.5 Å². The van der Waals surface area contributed by atoms with Crippen molar-refractivity contribution in [1.29, 1.82) is 0 Å². The van der Waals surface area contributed by atoms with Gasteiger partial charge < -0.3 is 14.5 Å². The number of nitrogens with zero attached hydrogens (tertiary/aromatic N) is 3. The summed E-state index contributed by atoms with van der Waals surface area (Å²) in [6.45, 7) is 10.6. The van der Waals surface area contributed by atoms with Crippen molar-refractivity contribution in [2.75, 3.05) is 39.3 Å². The molecule has 29 heavy (non-hydrogen) atoms. The topological polar surface area (TPSA) is 36.0 Å². The molecular weight excluding hydrogens is 386 g/mol. The van der Waals surface area contributed by atoms with Crippen LogP contribution in [0.4, 0.5) is 0 Å². The van der Waals surface area contributed by atoms with Gasteiger partial charge in [-0.3, -0.25) is 9.69 Å². The van der Waals surface area contributed by atoms with Crippen LogP contribution in [0.25, 0.3) is 0 Å². The highest BCUT2D eigenvalue weighted by Gasteiger charge is 2.31. The highest BCUT2D eigenvalue weighted by molar-refractivity contribution is 6.30. The number of hydrogen-bond donors (Lipinski definition) is 0. The number of ether oxygens (including phenoxy) is 1. The van der Waals surface area contributed by atoms with Crippen LogP contribution >= 0.6 is 11.6 Å². The third kappa shape index (κ3) is 5.07. The fourth-order valence-electron chi connectivity index (χ4n) is 5.20. The first-order valence-electron chi connectivity index (χ1n) is 11.2. The molecule has 3 heterocycles. The smallest absolute Gasteiger partial charge is 0.236 e. The predicted octanol–water partition coefficient (Wildman–Crippen LogP) is 3.65. The van der Waals surface area contributed by atoms with E-state index in [1.54, 1.807) is 0 Å². The lowest BCUT2D eigenvalue weighted by Crippen LogP contribution is -2.48. The number of hydrogen-bond acceptors (Lipinski definition) is 4. The molecule has 0 unspecified atom stereocenters. The molecule has 0 saturated carbocycles. The molecule has 3 aliphatic heterocycles. The number of amides is 1. The van der Waals surface area contributed by atoms with Crippen molar-refractivity contribution in [3.8, 4) is 5.75 Å². The van der Waals surface area contributed by atoms with Gasteiger partial charge in [0.15, 0.2) is 0 Å². The van der Waals surface area contributed by atoms with E-state index >= 15 is 0 Å². The summed E-state index contributed by atoms with van der Waals surface area (Å²) in [5.41, 5.74) is 1.06. The minimum absolute atomic E-state index is 0.0530. The number of piperidine rings is 1. The molecule has 0 bridgehead atoms.